The van der Waals surface area contributed by atoms with Gasteiger partial charge < -0.3 is 24.4 Å². The minimum absolute atomic E-state index is 0.0168. The molecule has 1 aliphatic carbocycles. The normalized spacial score (nSPS) is 25.3. The van der Waals surface area contributed by atoms with E-state index in [1.165, 1.54) is 4.90 Å². The highest BCUT2D eigenvalue weighted by Gasteiger charge is 2.52. The number of nitrogens with one attached hydrogen (secondary N) is 1. The van der Waals surface area contributed by atoms with Crippen molar-refractivity contribution in [3.63, 3.8) is 0 Å². The third-order valence-corrected chi connectivity index (χ3v) is 4.98. The lowest BCUT2D eigenvalue weighted by molar-refractivity contribution is -0.0362. The van der Waals surface area contributed by atoms with E-state index >= 15 is 0 Å². The predicted molar refractivity (Wildman–Crippen MR) is 83.6 cm³/mol. The molecule has 1 aromatic carbocycles. The molecule has 0 unspecified atom stereocenters. The zero-order chi connectivity index (χ0) is 19.2. The number of carbonyl (C=O) groups excluding carboxylic acids is 2. The van der Waals surface area contributed by atoms with Crippen LogP contribution in [0.5, 0.6) is 5.75 Å². The van der Waals surface area contributed by atoms with Crippen LogP contribution in [0.4, 0.5) is 22.8 Å². The van der Waals surface area contributed by atoms with Crippen molar-refractivity contribution in [2.24, 2.45) is 5.92 Å². The van der Waals surface area contributed by atoms with Crippen LogP contribution >= 0.6 is 0 Å². The van der Waals surface area contributed by atoms with Crippen LogP contribution in [-0.4, -0.2) is 55.0 Å². The molecule has 1 aromatic rings. The number of halogens is 3. The fourth-order valence-corrected chi connectivity index (χ4v) is 3.47. The van der Waals surface area contributed by atoms with Crippen molar-refractivity contribution in [3.8, 4) is 5.75 Å². The van der Waals surface area contributed by atoms with Gasteiger partial charge in [-0.25, -0.2) is 22.8 Å². The van der Waals surface area contributed by atoms with E-state index in [0.29, 0.717) is 38.1 Å². The maximum absolute atomic E-state index is 13.5. The number of ether oxygens (including phenoxy) is 3. The van der Waals surface area contributed by atoms with Gasteiger partial charge in [-0.2, -0.15) is 0 Å². The molecule has 0 bridgehead atoms. The molecule has 0 aromatic heterocycles. The smallest absolute Gasteiger partial charge is 0.410 e. The van der Waals surface area contributed by atoms with Crippen molar-refractivity contribution < 1.29 is 37.0 Å². The first kappa shape index (κ1) is 17.7. The Morgan fingerprint density at radius 3 is 2.52 bits per heavy atom. The lowest BCUT2D eigenvalue weighted by Gasteiger charge is -2.46. The van der Waals surface area contributed by atoms with E-state index in [-0.39, 0.29) is 25.2 Å². The van der Waals surface area contributed by atoms with E-state index < -0.39 is 40.9 Å². The number of hydrogen-bond acceptors (Lipinski definition) is 5. The molecule has 1 saturated carbocycles. The van der Waals surface area contributed by atoms with Crippen LogP contribution in [0, 0.1) is 23.4 Å². The maximum Gasteiger partial charge on any atom is 0.410 e. The Hall–Kier alpha value is -2.65. The van der Waals surface area contributed by atoms with Gasteiger partial charge in [0.15, 0.2) is 17.4 Å². The molecule has 146 valence electrons. The van der Waals surface area contributed by atoms with Crippen LogP contribution in [-0.2, 0) is 9.47 Å². The molecular weight excluding hydrogens is 369 g/mol. The van der Waals surface area contributed by atoms with Crippen LogP contribution in [0.3, 0.4) is 0 Å². The summed E-state index contributed by atoms with van der Waals surface area (Å²) >= 11 is 0. The minimum atomic E-state index is -1.09. The molecule has 10 heteroatoms. The van der Waals surface area contributed by atoms with Crippen molar-refractivity contribution in [2.75, 3.05) is 26.3 Å². The van der Waals surface area contributed by atoms with Crippen LogP contribution in [0.15, 0.2) is 12.1 Å². The van der Waals surface area contributed by atoms with Gasteiger partial charge in [-0.05, 0) is 18.8 Å². The molecule has 2 saturated heterocycles. The van der Waals surface area contributed by atoms with Gasteiger partial charge in [-0.3, -0.25) is 0 Å². The number of likely N-dealkylation sites (tertiary alicyclic amines) is 1. The minimum Gasteiger partial charge on any atom is -0.487 e. The van der Waals surface area contributed by atoms with Crippen molar-refractivity contribution in [3.05, 3.63) is 29.6 Å². The van der Waals surface area contributed by atoms with E-state index in [2.05, 4.69) is 5.32 Å². The number of amides is 2. The van der Waals surface area contributed by atoms with E-state index in [1.807, 2.05) is 0 Å². The van der Waals surface area contributed by atoms with E-state index in [9.17, 15) is 22.8 Å². The Balaban J connectivity index is 1.18. The Labute approximate surface area is 152 Å². The Kier molecular flexibility index (Phi) is 4.27. The zero-order valence-electron chi connectivity index (χ0n) is 14.2. The average Bonchev–Trinajstić information content (AvgIpc) is 2.91. The third kappa shape index (κ3) is 3.47. The lowest BCUT2D eigenvalue weighted by Crippen LogP contribution is -2.70. The first-order valence-electron chi connectivity index (χ1n) is 8.51. The van der Waals surface area contributed by atoms with Crippen LogP contribution < -0.4 is 10.1 Å². The number of cyclic esters (lactones) is 1. The fraction of sp³-hybridized carbons (Fsp3) is 0.529. The summed E-state index contributed by atoms with van der Waals surface area (Å²) in [5.74, 6) is -3.82. The number of nitrogens with zero attached hydrogens (tertiary/aromatic N) is 1. The van der Waals surface area contributed by atoms with Gasteiger partial charge in [0.1, 0.15) is 24.1 Å². The van der Waals surface area contributed by atoms with E-state index in [0.717, 1.165) is 0 Å². The monoisotopic (exact) mass is 386 g/mol. The fourth-order valence-electron chi connectivity index (χ4n) is 3.47. The summed E-state index contributed by atoms with van der Waals surface area (Å²) in [7, 11) is 0. The summed E-state index contributed by atoms with van der Waals surface area (Å²) in [5.41, 5.74) is -0.505. The largest absolute Gasteiger partial charge is 0.487 e. The standard InChI is InChI=1S/C17H17F3N2O5/c18-10-3-12(19)14(13(20)4-10)25-5-9-1-11(2-9)27-16(24)22-6-17(7-22)8-26-15(23)21-17/h3-4,9,11H,1-2,5-8H2,(H,21,23). The molecule has 1 N–H and O–H groups in total. The molecule has 27 heavy (non-hydrogen) atoms. The van der Waals surface area contributed by atoms with Gasteiger partial charge in [-0.1, -0.05) is 0 Å². The summed E-state index contributed by atoms with van der Waals surface area (Å²) in [5, 5.41) is 2.67. The Morgan fingerprint density at radius 2 is 1.93 bits per heavy atom. The van der Waals surface area contributed by atoms with Gasteiger partial charge in [0.25, 0.3) is 0 Å². The summed E-state index contributed by atoms with van der Waals surface area (Å²) in [4.78, 5) is 24.6. The summed E-state index contributed by atoms with van der Waals surface area (Å²) < 4.78 is 55.2. The number of hydrogen-bond donors (Lipinski definition) is 1. The predicted octanol–water partition coefficient (Wildman–Crippen LogP) is 2.19. The van der Waals surface area contributed by atoms with Gasteiger partial charge in [0.05, 0.1) is 19.7 Å². The zero-order valence-corrected chi connectivity index (χ0v) is 14.2. The molecule has 2 amide bonds. The molecule has 7 nitrogen and oxygen atoms in total. The Morgan fingerprint density at radius 1 is 1.26 bits per heavy atom. The quantitative estimate of drug-likeness (QED) is 0.859. The first-order valence-corrected chi connectivity index (χ1v) is 8.51. The molecule has 3 aliphatic rings. The molecule has 3 fully saturated rings. The average molecular weight is 386 g/mol. The van der Waals surface area contributed by atoms with Gasteiger partial charge in [-0.15, -0.1) is 0 Å². The number of benzene rings is 1. The molecule has 4 rings (SSSR count). The molecule has 0 atom stereocenters. The van der Waals surface area contributed by atoms with Crippen LogP contribution in [0.1, 0.15) is 12.8 Å². The summed E-state index contributed by atoms with van der Waals surface area (Å²) in [6, 6.07) is 1.11. The van der Waals surface area contributed by atoms with Crippen LogP contribution in [0.2, 0.25) is 0 Å². The highest BCUT2D eigenvalue weighted by Crippen LogP contribution is 2.33. The third-order valence-electron chi connectivity index (χ3n) is 4.98. The molecular formula is C17H17F3N2O5. The molecule has 2 heterocycles. The van der Waals surface area contributed by atoms with Gasteiger partial charge >= 0.3 is 12.2 Å². The van der Waals surface area contributed by atoms with E-state index in [1.54, 1.807) is 0 Å². The number of alkyl carbamates (subject to hydrolysis) is 1. The summed E-state index contributed by atoms with van der Waals surface area (Å²) in [6.07, 6.45) is -0.232. The number of rotatable bonds is 4. The topological polar surface area (TPSA) is 77.1 Å². The van der Waals surface area contributed by atoms with Gasteiger partial charge in [0, 0.05) is 12.1 Å². The van der Waals surface area contributed by atoms with Crippen molar-refractivity contribution in [1.82, 2.24) is 10.2 Å². The molecule has 0 radical (unpaired) electrons. The maximum atomic E-state index is 13.5. The van der Waals surface area contributed by atoms with Gasteiger partial charge in [0.2, 0.25) is 0 Å². The molecule has 2 aliphatic heterocycles. The first-order chi connectivity index (χ1) is 12.8. The Bertz CT molecular complexity index is 755. The highest BCUT2D eigenvalue weighted by atomic mass is 19.1. The van der Waals surface area contributed by atoms with Crippen molar-refractivity contribution >= 4 is 12.2 Å². The lowest BCUT2D eigenvalue weighted by atomic mass is 9.83. The number of carbonyl (C=O) groups is 2. The van der Waals surface area contributed by atoms with Crippen molar-refractivity contribution in [1.29, 1.82) is 0 Å². The second-order valence-electron chi connectivity index (χ2n) is 7.19. The van der Waals surface area contributed by atoms with Crippen molar-refractivity contribution in [2.45, 2.75) is 24.5 Å². The second-order valence-corrected chi connectivity index (χ2v) is 7.19. The van der Waals surface area contributed by atoms with E-state index in [4.69, 9.17) is 14.2 Å². The summed E-state index contributed by atoms with van der Waals surface area (Å²) in [6.45, 7) is 0.943. The second kappa shape index (κ2) is 6.50. The van der Waals surface area contributed by atoms with Crippen LogP contribution in [0.25, 0.3) is 0 Å². The SMILES string of the molecule is O=C1NC2(CO1)CN(C(=O)OC1CC(COc3c(F)cc(F)cc3F)C1)C2. The highest BCUT2D eigenvalue weighted by molar-refractivity contribution is 5.74. The molecule has 1 spiro atoms.